The smallest absolute Gasteiger partial charge is 0.333 e. The van der Waals surface area contributed by atoms with Crippen LogP contribution in [0.25, 0.3) is 105 Å². The Morgan fingerprint density at radius 3 is 2.09 bits per heavy atom. The molecule has 0 atom stereocenters. The third kappa shape index (κ3) is 4.55. The third-order valence-corrected chi connectivity index (χ3v) is 15.5. The second-order valence-corrected chi connectivity index (χ2v) is 20.4. The lowest BCUT2D eigenvalue weighted by molar-refractivity contribution is 0.591. The first kappa shape index (κ1) is 36.6. The number of fused-ring (bicyclic) bond motifs is 19. The zero-order valence-electron chi connectivity index (χ0n) is 37.5. The van der Waals surface area contributed by atoms with Gasteiger partial charge < -0.3 is 18.2 Å². The van der Waals surface area contributed by atoms with Crippen LogP contribution in [-0.4, -0.2) is 11.4 Å². The summed E-state index contributed by atoms with van der Waals surface area (Å²) in [5, 5.41) is 7.03. The van der Waals surface area contributed by atoms with Crippen molar-refractivity contribution < 1.29 is 8.83 Å². The number of aromatic nitrogens is 1. The lowest BCUT2D eigenvalue weighted by Gasteiger charge is -2.42. The average molecular weight is 847 g/mol. The Morgan fingerprint density at radius 2 is 1.26 bits per heavy atom. The van der Waals surface area contributed by atoms with Crippen molar-refractivity contribution in [2.24, 2.45) is 0 Å². The first-order valence-corrected chi connectivity index (χ1v) is 23.3. The molecular formula is C61H43BN2O2. The van der Waals surface area contributed by atoms with E-state index < -0.39 is 0 Å². The minimum absolute atomic E-state index is 0.0561. The summed E-state index contributed by atoms with van der Waals surface area (Å²) in [6.45, 7) is 11.5. The molecule has 0 saturated heterocycles. The summed E-state index contributed by atoms with van der Waals surface area (Å²) in [6.07, 6.45) is 0. The van der Waals surface area contributed by atoms with E-state index in [1.54, 1.807) is 0 Å². The highest BCUT2D eigenvalue weighted by Crippen LogP contribution is 2.57. The number of nitrogens with zero attached hydrogens (tertiary/aromatic N) is 2. The molecule has 0 spiro atoms. The minimum Gasteiger partial charge on any atom is -0.456 e. The van der Waals surface area contributed by atoms with Gasteiger partial charge in [-0.1, -0.05) is 150 Å². The molecule has 5 heteroatoms. The highest BCUT2D eigenvalue weighted by molar-refractivity contribution is 6.94. The lowest BCUT2D eigenvalue weighted by atomic mass is 9.43. The molecule has 0 radical (unpaired) electrons. The first-order chi connectivity index (χ1) is 32.1. The molecule has 1 aliphatic carbocycles. The Hall–Kier alpha value is -7.76. The topological polar surface area (TPSA) is 34.5 Å². The molecule has 3 aliphatic rings. The van der Waals surface area contributed by atoms with Crippen LogP contribution in [0.3, 0.4) is 0 Å². The van der Waals surface area contributed by atoms with Crippen molar-refractivity contribution in [3.8, 4) is 39.1 Å². The van der Waals surface area contributed by atoms with Crippen LogP contribution in [0.1, 0.15) is 51.3 Å². The highest BCUT2D eigenvalue weighted by Gasteiger charge is 2.48. The number of furan rings is 2. The van der Waals surface area contributed by atoms with Crippen LogP contribution in [0.15, 0.2) is 179 Å². The fourth-order valence-corrected chi connectivity index (χ4v) is 12.4. The first-order valence-electron chi connectivity index (χ1n) is 23.3. The molecule has 4 nitrogen and oxygen atoms in total. The molecule has 12 aromatic rings. The maximum atomic E-state index is 7.35. The molecule has 5 heterocycles. The van der Waals surface area contributed by atoms with Crippen LogP contribution >= 0.6 is 0 Å². The summed E-state index contributed by atoms with van der Waals surface area (Å²) in [7, 11) is 0. The van der Waals surface area contributed by atoms with E-state index in [2.05, 4.69) is 214 Å². The van der Waals surface area contributed by atoms with Gasteiger partial charge in [0.25, 0.3) is 0 Å². The number of rotatable bonds is 2. The van der Waals surface area contributed by atoms with E-state index in [0.29, 0.717) is 0 Å². The highest BCUT2D eigenvalue weighted by atomic mass is 16.3. The molecule has 0 fully saturated rings. The summed E-state index contributed by atoms with van der Waals surface area (Å²) in [5.74, 6) is 0. The fraction of sp³-hybridized carbons (Fsp3) is 0.115. The van der Waals surface area contributed by atoms with Crippen molar-refractivity contribution >= 4 is 94.8 Å². The van der Waals surface area contributed by atoms with E-state index in [1.807, 2.05) is 0 Å². The number of benzene rings is 9. The van der Waals surface area contributed by atoms with Gasteiger partial charge in [0.1, 0.15) is 22.3 Å². The second-order valence-electron chi connectivity index (χ2n) is 20.4. The molecule has 0 bridgehead atoms. The van der Waals surface area contributed by atoms with Gasteiger partial charge in [0.2, 0.25) is 0 Å². The van der Waals surface area contributed by atoms with E-state index in [1.165, 1.54) is 93.9 Å². The fourth-order valence-electron chi connectivity index (χ4n) is 12.4. The molecule has 66 heavy (non-hydrogen) atoms. The normalized spacial score (nSPS) is 14.5. The number of anilines is 2. The van der Waals surface area contributed by atoms with Crippen molar-refractivity contribution in [3.63, 3.8) is 0 Å². The van der Waals surface area contributed by atoms with Crippen LogP contribution < -0.4 is 15.7 Å². The van der Waals surface area contributed by atoms with Gasteiger partial charge in [-0.3, -0.25) is 0 Å². The Bertz CT molecular complexity index is 4140. The van der Waals surface area contributed by atoms with Gasteiger partial charge in [0.15, 0.2) is 0 Å². The Balaban J connectivity index is 1.19. The lowest BCUT2D eigenvalue weighted by Crippen LogP contribution is -2.60. The molecular weight excluding hydrogens is 803 g/mol. The van der Waals surface area contributed by atoms with E-state index in [9.17, 15) is 0 Å². The van der Waals surface area contributed by atoms with E-state index in [-0.39, 0.29) is 17.7 Å². The van der Waals surface area contributed by atoms with Gasteiger partial charge >= 0.3 is 6.85 Å². The predicted octanol–water partition coefficient (Wildman–Crippen LogP) is 15.1. The molecule has 3 aromatic heterocycles. The van der Waals surface area contributed by atoms with Crippen LogP contribution in [0.5, 0.6) is 0 Å². The largest absolute Gasteiger partial charge is 0.456 e. The zero-order valence-corrected chi connectivity index (χ0v) is 37.5. The zero-order chi connectivity index (χ0) is 44.0. The Labute approximate surface area is 382 Å². The second kappa shape index (κ2) is 12.3. The standard InChI is InChI=1S/C61H43BN2O2/c1-60(2,3)36-26-27-48-43(29-36)54-55-40-22-11-14-25-52(40)66-59(55)56-44-30-41-38-20-9-12-23-45(38)61(4,5)46(41)32-49(44)64(37-19-15-18-35(28-37)34-16-7-6-8-17-34)62-47-31-42-39-21-10-13-24-51(39)65-53(42)33-50(47)63(48)58(54)57(56)62/h6-33H,1-5H3. The van der Waals surface area contributed by atoms with Gasteiger partial charge in [-0.2, -0.15) is 0 Å². The molecule has 0 N–H and O–H groups in total. The number of para-hydroxylation sites is 2. The SMILES string of the molecule is CC(C)(C)c1ccc2c(c1)c1c3c(oc4ccccc43)c3c4c1n2-c1cc2oc5ccccc5c2cc1B4N(c1cccc(-c2ccccc2)c1)c1cc2c(cc1-3)-c1ccccc1C2(C)C. The van der Waals surface area contributed by atoms with Crippen LogP contribution in [0.4, 0.5) is 11.4 Å². The predicted molar refractivity (Wildman–Crippen MR) is 276 cm³/mol. The van der Waals surface area contributed by atoms with E-state index >= 15 is 0 Å². The van der Waals surface area contributed by atoms with Crippen molar-refractivity contribution in [2.75, 3.05) is 4.81 Å². The molecule has 312 valence electrons. The maximum Gasteiger partial charge on any atom is 0.333 e. The van der Waals surface area contributed by atoms with Gasteiger partial charge in [0, 0.05) is 72.0 Å². The summed E-state index contributed by atoms with van der Waals surface area (Å²) in [4.78, 5) is 2.67. The van der Waals surface area contributed by atoms with Crippen molar-refractivity contribution in [1.82, 2.24) is 4.57 Å². The van der Waals surface area contributed by atoms with Gasteiger partial charge in [0.05, 0.1) is 11.0 Å². The van der Waals surface area contributed by atoms with E-state index in [0.717, 1.165) is 49.9 Å². The van der Waals surface area contributed by atoms with Gasteiger partial charge in [-0.25, -0.2) is 0 Å². The monoisotopic (exact) mass is 846 g/mol. The molecule has 0 amide bonds. The van der Waals surface area contributed by atoms with Crippen molar-refractivity contribution in [2.45, 2.75) is 45.4 Å². The number of hydrogen-bond donors (Lipinski definition) is 0. The van der Waals surface area contributed by atoms with Crippen LogP contribution in [-0.2, 0) is 10.8 Å². The van der Waals surface area contributed by atoms with Gasteiger partial charge in [-0.05, 0) is 104 Å². The van der Waals surface area contributed by atoms with Crippen molar-refractivity contribution in [3.05, 3.63) is 187 Å². The minimum atomic E-state index is -0.226. The molecule has 0 saturated carbocycles. The van der Waals surface area contributed by atoms with Gasteiger partial charge in [-0.15, -0.1) is 0 Å². The molecule has 0 unspecified atom stereocenters. The quantitative estimate of drug-likeness (QED) is 0.163. The molecule has 2 aliphatic heterocycles. The average Bonchev–Trinajstić information content (AvgIpc) is 4.06. The third-order valence-electron chi connectivity index (χ3n) is 15.5. The molecule has 9 aromatic carbocycles. The summed E-state index contributed by atoms with van der Waals surface area (Å²) >= 11 is 0. The van der Waals surface area contributed by atoms with Crippen molar-refractivity contribution in [1.29, 1.82) is 0 Å². The maximum absolute atomic E-state index is 7.35. The van der Waals surface area contributed by atoms with Crippen LogP contribution in [0.2, 0.25) is 0 Å². The Kier molecular flexibility index (Phi) is 6.83. The number of hydrogen-bond acceptors (Lipinski definition) is 3. The van der Waals surface area contributed by atoms with E-state index in [4.69, 9.17) is 8.83 Å². The molecule has 15 rings (SSSR count). The van der Waals surface area contributed by atoms with Crippen LogP contribution in [0, 0.1) is 0 Å². The summed E-state index contributed by atoms with van der Waals surface area (Å²) < 4.78 is 16.7. The summed E-state index contributed by atoms with van der Waals surface area (Å²) in [6, 6.07) is 63.2. The Morgan fingerprint density at radius 1 is 0.515 bits per heavy atom. The summed E-state index contributed by atoms with van der Waals surface area (Å²) in [5.41, 5.74) is 23.1.